The predicted octanol–water partition coefficient (Wildman–Crippen LogP) is 4.66. The zero-order chi connectivity index (χ0) is 31.9. The smallest absolute Gasteiger partial charge is 0.264 e. The van der Waals surface area contributed by atoms with Crippen molar-refractivity contribution in [2.45, 2.75) is 69.1 Å². The van der Waals surface area contributed by atoms with Crippen LogP contribution in [0.5, 0.6) is 0 Å². The number of amides is 3. The molecule has 3 amide bonds. The van der Waals surface area contributed by atoms with E-state index >= 15 is 0 Å². The van der Waals surface area contributed by atoms with E-state index in [2.05, 4.69) is 5.32 Å². The number of hydrogen-bond donors (Lipinski definition) is 3. The van der Waals surface area contributed by atoms with Crippen LogP contribution in [-0.2, 0) is 26.5 Å². The SMILES string of the molecule is C[C@@H]1[C@@H]([Si](C)(C)O)[C@H](CC(=O)N2CCC[C@H]2CO)O[C@@]12C(=O)N(Cc1ccc(NC(=O)c3ccccc3)cc1)c1ccccc12. The Hall–Kier alpha value is -3.83. The first-order chi connectivity index (χ1) is 21.5. The van der Waals surface area contributed by atoms with Gasteiger partial charge in [-0.3, -0.25) is 14.4 Å². The Kier molecular flexibility index (Phi) is 8.42. The predicted molar refractivity (Wildman–Crippen MR) is 174 cm³/mol. The minimum atomic E-state index is -2.92. The molecule has 236 valence electrons. The van der Waals surface area contributed by atoms with Crippen LogP contribution in [0.1, 0.15) is 47.7 Å². The number of carbonyl (C=O) groups excluding carboxylic acids is 3. The molecule has 0 aliphatic carbocycles. The Morgan fingerprint density at radius 1 is 1.02 bits per heavy atom. The van der Waals surface area contributed by atoms with Crippen molar-refractivity contribution < 1.29 is 29.0 Å². The fourth-order valence-corrected chi connectivity index (χ4v) is 10.3. The lowest BCUT2D eigenvalue weighted by atomic mass is 9.82. The molecule has 1 spiro atoms. The molecule has 3 aliphatic heterocycles. The maximum Gasteiger partial charge on any atom is 0.264 e. The lowest BCUT2D eigenvalue weighted by molar-refractivity contribution is -0.150. The van der Waals surface area contributed by atoms with Crippen LogP contribution >= 0.6 is 0 Å². The molecule has 9 nitrogen and oxygen atoms in total. The molecular weight excluding hydrogens is 586 g/mol. The van der Waals surface area contributed by atoms with Crippen molar-refractivity contribution in [2.24, 2.45) is 5.92 Å². The fraction of sp³-hybridized carbons (Fsp3) is 0.400. The van der Waals surface area contributed by atoms with E-state index < -0.39 is 20.0 Å². The summed E-state index contributed by atoms with van der Waals surface area (Å²) in [5, 5.41) is 12.7. The number of likely N-dealkylation sites (tertiary alicyclic amines) is 1. The summed E-state index contributed by atoms with van der Waals surface area (Å²) in [5.41, 5.74) is 1.91. The molecule has 0 saturated carbocycles. The van der Waals surface area contributed by atoms with Gasteiger partial charge in [0.15, 0.2) is 13.9 Å². The summed E-state index contributed by atoms with van der Waals surface area (Å²) in [6.45, 7) is 6.47. The van der Waals surface area contributed by atoms with Crippen molar-refractivity contribution in [3.8, 4) is 0 Å². The highest BCUT2D eigenvalue weighted by Gasteiger charge is 2.66. The van der Waals surface area contributed by atoms with E-state index in [9.17, 15) is 24.3 Å². The average Bonchev–Trinajstić information content (AvgIpc) is 3.69. The van der Waals surface area contributed by atoms with Gasteiger partial charge in [0, 0.05) is 34.8 Å². The van der Waals surface area contributed by atoms with Crippen molar-refractivity contribution in [3.05, 3.63) is 95.6 Å². The first-order valence-corrected chi connectivity index (χ1v) is 18.7. The van der Waals surface area contributed by atoms with Crippen molar-refractivity contribution in [1.29, 1.82) is 0 Å². The van der Waals surface area contributed by atoms with Gasteiger partial charge >= 0.3 is 0 Å². The Morgan fingerprint density at radius 2 is 1.71 bits per heavy atom. The zero-order valence-electron chi connectivity index (χ0n) is 26.0. The molecule has 10 heteroatoms. The number of aliphatic hydroxyl groups excluding tert-OH is 1. The highest BCUT2D eigenvalue weighted by Crippen LogP contribution is 2.59. The van der Waals surface area contributed by atoms with Gasteiger partial charge in [-0.1, -0.05) is 55.5 Å². The highest BCUT2D eigenvalue weighted by molar-refractivity contribution is 6.71. The van der Waals surface area contributed by atoms with Crippen LogP contribution in [0.25, 0.3) is 0 Å². The van der Waals surface area contributed by atoms with Crippen LogP contribution in [0.3, 0.4) is 0 Å². The molecule has 3 aromatic rings. The van der Waals surface area contributed by atoms with E-state index in [1.807, 2.05) is 86.7 Å². The van der Waals surface area contributed by atoms with E-state index in [4.69, 9.17) is 4.74 Å². The van der Waals surface area contributed by atoms with E-state index in [1.54, 1.807) is 21.9 Å². The third-order valence-corrected chi connectivity index (χ3v) is 12.3. The lowest BCUT2D eigenvalue weighted by Crippen LogP contribution is -2.46. The van der Waals surface area contributed by atoms with Crippen LogP contribution in [0.4, 0.5) is 11.4 Å². The van der Waals surface area contributed by atoms with E-state index in [0.29, 0.717) is 24.3 Å². The Labute approximate surface area is 264 Å². The minimum Gasteiger partial charge on any atom is -0.432 e. The minimum absolute atomic E-state index is 0.0514. The molecule has 3 aromatic carbocycles. The highest BCUT2D eigenvalue weighted by atomic mass is 28.4. The molecular formula is C35H41N3O6Si. The van der Waals surface area contributed by atoms with Gasteiger partial charge in [0.2, 0.25) is 5.91 Å². The first kappa shape index (κ1) is 31.2. The first-order valence-electron chi connectivity index (χ1n) is 15.7. The van der Waals surface area contributed by atoms with Gasteiger partial charge in [-0.15, -0.1) is 0 Å². The number of benzene rings is 3. The van der Waals surface area contributed by atoms with E-state index in [1.165, 1.54) is 0 Å². The summed E-state index contributed by atoms with van der Waals surface area (Å²) in [4.78, 5) is 55.7. The number of nitrogens with zero attached hydrogens (tertiary/aromatic N) is 2. The molecule has 0 unspecified atom stereocenters. The van der Waals surface area contributed by atoms with Gasteiger partial charge in [0.05, 0.1) is 37.4 Å². The molecule has 3 aliphatic rings. The summed E-state index contributed by atoms with van der Waals surface area (Å²) in [7, 11) is -2.92. The number of carbonyl (C=O) groups is 3. The Bertz CT molecular complexity index is 1580. The Balaban J connectivity index is 1.26. The third-order valence-electron chi connectivity index (χ3n) is 9.76. The number of ether oxygens (including phenoxy) is 1. The maximum absolute atomic E-state index is 14.6. The van der Waals surface area contributed by atoms with Gasteiger partial charge in [0.1, 0.15) is 0 Å². The second-order valence-electron chi connectivity index (χ2n) is 13.1. The Morgan fingerprint density at radius 3 is 2.40 bits per heavy atom. The number of hydrogen-bond acceptors (Lipinski definition) is 6. The lowest BCUT2D eigenvalue weighted by Gasteiger charge is -2.32. The summed E-state index contributed by atoms with van der Waals surface area (Å²) in [6.07, 6.45) is 1.02. The van der Waals surface area contributed by atoms with E-state index in [-0.39, 0.29) is 48.3 Å². The van der Waals surface area contributed by atoms with Gasteiger partial charge in [-0.05, 0) is 61.8 Å². The monoisotopic (exact) mass is 627 g/mol. The third kappa shape index (κ3) is 5.61. The number of nitrogens with one attached hydrogen (secondary N) is 1. The van der Waals surface area contributed by atoms with Gasteiger partial charge in [-0.25, -0.2) is 0 Å². The van der Waals surface area contributed by atoms with Crippen LogP contribution in [0, 0.1) is 5.92 Å². The second kappa shape index (κ2) is 12.2. The number of anilines is 2. The zero-order valence-corrected chi connectivity index (χ0v) is 27.0. The second-order valence-corrected chi connectivity index (χ2v) is 17.0. The van der Waals surface area contributed by atoms with Crippen molar-refractivity contribution in [1.82, 2.24) is 4.90 Å². The molecule has 2 saturated heterocycles. The molecule has 0 radical (unpaired) electrons. The number of fused-ring (bicyclic) bond motifs is 2. The molecule has 0 bridgehead atoms. The summed E-state index contributed by atoms with van der Waals surface area (Å²) >= 11 is 0. The quantitative estimate of drug-likeness (QED) is 0.313. The molecule has 3 heterocycles. The van der Waals surface area contributed by atoms with Gasteiger partial charge in [0.25, 0.3) is 11.8 Å². The summed E-state index contributed by atoms with van der Waals surface area (Å²) in [5.74, 6) is -0.886. The average molecular weight is 628 g/mol. The van der Waals surface area contributed by atoms with Crippen LogP contribution in [-0.4, -0.2) is 66.1 Å². The number of para-hydroxylation sites is 1. The molecule has 2 fully saturated rings. The van der Waals surface area contributed by atoms with Crippen LogP contribution in [0.2, 0.25) is 18.6 Å². The molecule has 45 heavy (non-hydrogen) atoms. The van der Waals surface area contributed by atoms with Crippen molar-refractivity contribution in [2.75, 3.05) is 23.4 Å². The molecule has 3 N–H and O–H groups in total. The number of rotatable bonds is 8. The summed E-state index contributed by atoms with van der Waals surface area (Å²) in [6, 6.07) is 23.8. The van der Waals surface area contributed by atoms with Crippen molar-refractivity contribution in [3.63, 3.8) is 0 Å². The fourth-order valence-electron chi connectivity index (χ4n) is 7.70. The topological polar surface area (TPSA) is 119 Å². The maximum atomic E-state index is 14.6. The molecule has 0 aromatic heterocycles. The van der Waals surface area contributed by atoms with Crippen LogP contribution < -0.4 is 10.2 Å². The number of aliphatic hydroxyl groups is 1. The molecule has 5 atom stereocenters. The van der Waals surface area contributed by atoms with Crippen molar-refractivity contribution >= 4 is 37.4 Å². The normalized spacial score (nSPS) is 26.0. The summed E-state index contributed by atoms with van der Waals surface area (Å²) < 4.78 is 6.80. The standard InChI is InChI=1S/C35H41N3O6Si/c1-23-32(45(2,3)43)30(20-31(40)37-19-9-12-27(37)22-39)44-35(23)28-13-7-8-14-29(28)38(34(35)42)21-24-15-17-26(18-16-24)36-33(41)25-10-5-4-6-11-25/h4-8,10-11,13-18,23,27,30,32,39,43H,9,12,19-22H2,1-3H3,(H,36,41)/t23-,27+,30+,32-,35+/m1/s1. The van der Waals surface area contributed by atoms with Gasteiger partial charge < -0.3 is 29.8 Å². The van der Waals surface area contributed by atoms with Crippen LogP contribution in [0.15, 0.2) is 78.9 Å². The van der Waals surface area contributed by atoms with Gasteiger partial charge in [-0.2, -0.15) is 0 Å². The largest absolute Gasteiger partial charge is 0.432 e. The van der Waals surface area contributed by atoms with E-state index in [0.717, 1.165) is 29.7 Å². The molecule has 6 rings (SSSR count).